The van der Waals surface area contributed by atoms with Gasteiger partial charge in [-0.1, -0.05) is 26.0 Å². The van der Waals surface area contributed by atoms with Crippen LogP contribution >= 0.6 is 0 Å². The molecule has 0 unspecified atom stereocenters. The molecule has 0 aliphatic heterocycles. The van der Waals surface area contributed by atoms with E-state index in [9.17, 15) is 15.2 Å². The summed E-state index contributed by atoms with van der Waals surface area (Å²) in [6.45, 7) is 4.49. The van der Waals surface area contributed by atoms with E-state index in [-0.39, 0.29) is 24.3 Å². The Bertz CT molecular complexity index is 808. The van der Waals surface area contributed by atoms with Crippen molar-refractivity contribution < 1.29 is 10.0 Å². The minimum atomic E-state index is -0.400. The molecular weight excluding hydrogens is 346 g/mol. The quantitative estimate of drug-likeness (QED) is 0.458. The van der Waals surface area contributed by atoms with Crippen LogP contribution in [0.4, 0.5) is 17.5 Å². The Morgan fingerprint density at radius 3 is 2.70 bits per heavy atom. The normalized spacial score (nSPS) is 14.8. The second-order valence-electron chi connectivity index (χ2n) is 7.23. The largest absolute Gasteiger partial charge is 0.394 e. The average molecular weight is 371 g/mol. The number of hydrogen-bond donors (Lipinski definition) is 3. The van der Waals surface area contributed by atoms with Gasteiger partial charge in [-0.15, -0.1) is 0 Å². The number of aliphatic hydroxyl groups is 1. The molecule has 1 heterocycles. The predicted octanol–water partition coefficient (Wildman–Crippen LogP) is 3.30. The topological polar surface area (TPSA) is 113 Å². The maximum atomic E-state index is 10.9. The number of nitro benzene ring substituents is 1. The average Bonchev–Trinajstić information content (AvgIpc) is 3.49. The van der Waals surface area contributed by atoms with Crippen molar-refractivity contribution in [1.29, 1.82) is 0 Å². The van der Waals surface area contributed by atoms with Gasteiger partial charge in [0, 0.05) is 30.7 Å². The highest BCUT2D eigenvalue weighted by Gasteiger charge is 2.26. The molecule has 0 saturated heterocycles. The van der Waals surface area contributed by atoms with Crippen molar-refractivity contribution in [1.82, 2.24) is 9.97 Å². The smallest absolute Gasteiger partial charge is 0.269 e. The van der Waals surface area contributed by atoms with Crippen LogP contribution in [-0.4, -0.2) is 32.6 Å². The van der Waals surface area contributed by atoms with Gasteiger partial charge in [-0.2, -0.15) is 4.98 Å². The van der Waals surface area contributed by atoms with Gasteiger partial charge in [-0.05, 0) is 24.3 Å². The minimum absolute atomic E-state index is 0.00509. The summed E-state index contributed by atoms with van der Waals surface area (Å²) < 4.78 is 0. The Labute approximate surface area is 158 Å². The Morgan fingerprint density at radius 1 is 1.30 bits per heavy atom. The minimum Gasteiger partial charge on any atom is -0.394 e. The van der Waals surface area contributed by atoms with Crippen LogP contribution in [0.2, 0.25) is 0 Å². The lowest BCUT2D eigenvalue weighted by Gasteiger charge is -2.20. The molecule has 0 amide bonds. The van der Waals surface area contributed by atoms with E-state index in [2.05, 4.69) is 20.6 Å². The zero-order valence-electron chi connectivity index (χ0n) is 15.6. The third kappa shape index (κ3) is 5.13. The first kappa shape index (κ1) is 19.0. The summed E-state index contributed by atoms with van der Waals surface area (Å²) in [6.07, 6.45) is 2.24. The van der Waals surface area contributed by atoms with Gasteiger partial charge in [0.05, 0.1) is 23.3 Å². The number of hydrogen-bond acceptors (Lipinski definition) is 7. The van der Waals surface area contributed by atoms with E-state index in [1.54, 1.807) is 12.1 Å². The number of aromatic nitrogens is 2. The molecule has 1 aliphatic rings. The molecule has 1 fully saturated rings. The first-order valence-corrected chi connectivity index (χ1v) is 9.20. The Hall–Kier alpha value is -2.74. The standard InChI is InChI=1S/C19H25N5O3/c1-12(2)17(11-25)22-19-21-16(14-6-7-14)9-18(23-19)20-10-13-4-3-5-15(8-13)24(26)27/h3-5,8-9,12,14,17,25H,6-7,10-11H2,1-2H3,(H2,20,21,22,23)/t17-/m0/s1. The number of non-ortho nitro benzene ring substituents is 1. The lowest BCUT2D eigenvalue weighted by atomic mass is 10.1. The maximum absolute atomic E-state index is 10.9. The summed E-state index contributed by atoms with van der Waals surface area (Å²) in [4.78, 5) is 19.6. The fourth-order valence-electron chi connectivity index (χ4n) is 2.77. The SMILES string of the molecule is CC(C)[C@H](CO)Nc1nc(NCc2cccc([N+](=O)[O-])c2)cc(C2CC2)n1. The van der Waals surface area contributed by atoms with Crippen LogP contribution in [0.5, 0.6) is 0 Å². The lowest BCUT2D eigenvalue weighted by Crippen LogP contribution is -2.30. The van der Waals surface area contributed by atoms with Crippen molar-refractivity contribution in [2.45, 2.75) is 45.2 Å². The van der Waals surface area contributed by atoms with Crippen molar-refractivity contribution in [3.63, 3.8) is 0 Å². The molecule has 1 saturated carbocycles. The molecule has 3 rings (SSSR count). The van der Waals surface area contributed by atoms with Crippen molar-refractivity contribution in [3.8, 4) is 0 Å². The van der Waals surface area contributed by atoms with Crippen LogP contribution in [-0.2, 0) is 6.54 Å². The molecule has 27 heavy (non-hydrogen) atoms. The van der Waals surface area contributed by atoms with Gasteiger partial charge in [0.15, 0.2) is 0 Å². The highest BCUT2D eigenvalue weighted by atomic mass is 16.6. The predicted molar refractivity (Wildman–Crippen MR) is 104 cm³/mol. The highest BCUT2D eigenvalue weighted by molar-refractivity contribution is 5.45. The Balaban J connectivity index is 1.76. The van der Waals surface area contributed by atoms with Gasteiger partial charge in [-0.3, -0.25) is 10.1 Å². The number of rotatable bonds is 9. The van der Waals surface area contributed by atoms with Crippen molar-refractivity contribution in [2.75, 3.05) is 17.2 Å². The van der Waals surface area contributed by atoms with Crippen LogP contribution in [0.15, 0.2) is 30.3 Å². The van der Waals surface area contributed by atoms with Crippen LogP contribution in [0.1, 0.15) is 43.9 Å². The van der Waals surface area contributed by atoms with E-state index in [0.717, 1.165) is 24.1 Å². The first-order chi connectivity index (χ1) is 13.0. The molecule has 2 aromatic rings. The summed E-state index contributed by atoms with van der Waals surface area (Å²) in [5, 5.41) is 26.9. The third-order valence-electron chi connectivity index (χ3n) is 4.65. The van der Waals surface area contributed by atoms with Crippen molar-refractivity contribution in [3.05, 3.63) is 51.7 Å². The van der Waals surface area contributed by atoms with Gasteiger partial charge in [0.25, 0.3) is 5.69 Å². The second-order valence-corrected chi connectivity index (χ2v) is 7.23. The molecule has 144 valence electrons. The molecule has 1 aromatic heterocycles. The summed E-state index contributed by atoms with van der Waals surface area (Å²) in [5.74, 6) is 1.86. The van der Waals surface area contributed by atoms with Crippen LogP contribution in [0, 0.1) is 16.0 Å². The number of aliphatic hydroxyl groups excluding tert-OH is 1. The molecule has 0 bridgehead atoms. The van der Waals surface area contributed by atoms with Gasteiger partial charge < -0.3 is 15.7 Å². The summed E-state index contributed by atoms with van der Waals surface area (Å²) in [7, 11) is 0. The molecule has 8 nitrogen and oxygen atoms in total. The van der Waals surface area contributed by atoms with E-state index in [1.807, 2.05) is 26.0 Å². The second kappa shape index (κ2) is 8.30. The molecule has 8 heteroatoms. The lowest BCUT2D eigenvalue weighted by molar-refractivity contribution is -0.384. The summed E-state index contributed by atoms with van der Waals surface area (Å²) in [6, 6.07) is 8.35. The van der Waals surface area contributed by atoms with E-state index in [4.69, 9.17) is 0 Å². The maximum Gasteiger partial charge on any atom is 0.269 e. The number of anilines is 2. The fraction of sp³-hybridized carbons (Fsp3) is 0.474. The molecule has 1 atom stereocenters. The summed E-state index contributed by atoms with van der Waals surface area (Å²) in [5.41, 5.74) is 1.86. The number of benzene rings is 1. The fourth-order valence-corrected chi connectivity index (χ4v) is 2.77. The number of nitro groups is 1. The van der Waals surface area contributed by atoms with Crippen LogP contribution in [0.25, 0.3) is 0 Å². The van der Waals surface area contributed by atoms with Crippen molar-refractivity contribution in [2.24, 2.45) is 5.92 Å². The van der Waals surface area contributed by atoms with E-state index < -0.39 is 4.92 Å². The van der Waals surface area contributed by atoms with Crippen LogP contribution < -0.4 is 10.6 Å². The molecule has 0 radical (unpaired) electrons. The number of nitrogens with one attached hydrogen (secondary N) is 2. The molecule has 3 N–H and O–H groups in total. The third-order valence-corrected chi connectivity index (χ3v) is 4.65. The first-order valence-electron chi connectivity index (χ1n) is 9.20. The molecule has 1 aliphatic carbocycles. The summed E-state index contributed by atoms with van der Waals surface area (Å²) >= 11 is 0. The highest BCUT2D eigenvalue weighted by Crippen LogP contribution is 2.40. The van der Waals surface area contributed by atoms with Crippen LogP contribution in [0.3, 0.4) is 0 Å². The molecule has 0 spiro atoms. The van der Waals surface area contributed by atoms with Gasteiger partial charge in [0.1, 0.15) is 5.82 Å². The van der Waals surface area contributed by atoms with Gasteiger partial charge in [-0.25, -0.2) is 4.98 Å². The van der Waals surface area contributed by atoms with Gasteiger partial charge >= 0.3 is 0 Å². The van der Waals surface area contributed by atoms with E-state index in [0.29, 0.717) is 24.2 Å². The zero-order chi connectivity index (χ0) is 19.4. The molecule has 1 aromatic carbocycles. The van der Waals surface area contributed by atoms with Crippen molar-refractivity contribution >= 4 is 17.5 Å². The van der Waals surface area contributed by atoms with E-state index in [1.165, 1.54) is 6.07 Å². The van der Waals surface area contributed by atoms with Gasteiger partial charge in [0.2, 0.25) is 5.95 Å². The molecular formula is C19H25N5O3. The number of nitrogens with zero attached hydrogens (tertiary/aromatic N) is 3. The zero-order valence-corrected chi connectivity index (χ0v) is 15.6. The Kier molecular flexibility index (Phi) is 5.85. The monoisotopic (exact) mass is 371 g/mol. The Morgan fingerprint density at radius 2 is 2.07 bits per heavy atom. The van der Waals surface area contributed by atoms with E-state index >= 15 is 0 Å².